The zero-order valence-corrected chi connectivity index (χ0v) is 15.4. The van der Waals surface area contributed by atoms with Crippen molar-refractivity contribution in [2.75, 3.05) is 26.8 Å². The molecule has 1 N–H and O–H groups in total. The Morgan fingerprint density at radius 2 is 1.50 bits per heavy atom. The first-order valence-corrected chi connectivity index (χ1v) is 9.30. The second-order valence-corrected chi connectivity index (χ2v) is 6.41. The largest absolute Gasteiger partial charge is 0.497 e. The number of ether oxygens (including phenoxy) is 2. The molecular formula is C23H27NO2. The average Bonchev–Trinajstić information content (AvgIpc) is 2.70. The predicted molar refractivity (Wildman–Crippen MR) is 108 cm³/mol. The van der Waals surface area contributed by atoms with Crippen LogP contribution in [0.4, 0.5) is 0 Å². The molecule has 0 aliphatic heterocycles. The van der Waals surface area contributed by atoms with Crippen LogP contribution in [-0.2, 0) is 6.42 Å². The van der Waals surface area contributed by atoms with Crippen molar-refractivity contribution >= 4 is 10.8 Å². The molecule has 0 aliphatic rings. The van der Waals surface area contributed by atoms with Gasteiger partial charge in [0, 0.05) is 0 Å². The van der Waals surface area contributed by atoms with Crippen molar-refractivity contribution in [3.05, 3.63) is 72.3 Å². The van der Waals surface area contributed by atoms with Gasteiger partial charge in [-0.1, -0.05) is 42.5 Å². The van der Waals surface area contributed by atoms with Crippen LogP contribution in [0.25, 0.3) is 10.8 Å². The minimum absolute atomic E-state index is 0.740. The zero-order chi connectivity index (χ0) is 18.0. The lowest BCUT2D eigenvalue weighted by Gasteiger charge is -2.08. The average molecular weight is 349 g/mol. The third-order valence-electron chi connectivity index (χ3n) is 4.47. The fourth-order valence-corrected chi connectivity index (χ4v) is 2.98. The fraction of sp³-hybridized carbons (Fsp3) is 0.304. The van der Waals surface area contributed by atoms with Crippen LogP contribution in [0.2, 0.25) is 0 Å². The predicted octanol–water partition coefficient (Wildman–Crippen LogP) is 4.84. The lowest BCUT2D eigenvalue weighted by atomic mass is 10.1. The van der Waals surface area contributed by atoms with Gasteiger partial charge in [0.25, 0.3) is 0 Å². The summed E-state index contributed by atoms with van der Waals surface area (Å²) in [4.78, 5) is 0. The maximum atomic E-state index is 5.86. The molecular weight excluding hydrogens is 322 g/mol. The normalized spacial score (nSPS) is 10.8. The molecule has 0 atom stereocenters. The van der Waals surface area contributed by atoms with Gasteiger partial charge in [-0.05, 0) is 73.0 Å². The van der Waals surface area contributed by atoms with E-state index in [1.807, 2.05) is 18.2 Å². The van der Waals surface area contributed by atoms with Crippen molar-refractivity contribution in [3.8, 4) is 11.5 Å². The molecule has 0 amide bonds. The number of rotatable bonds is 10. The lowest BCUT2D eigenvalue weighted by Crippen LogP contribution is -2.19. The van der Waals surface area contributed by atoms with Crippen LogP contribution in [0.1, 0.15) is 18.4 Å². The Labute approximate surface area is 156 Å². The number of aryl methyl sites for hydroxylation is 1. The van der Waals surface area contributed by atoms with Gasteiger partial charge in [0.2, 0.25) is 0 Å². The van der Waals surface area contributed by atoms with Crippen molar-refractivity contribution in [2.24, 2.45) is 0 Å². The molecule has 3 aromatic carbocycles. The van der Waals surface area contributed by atoms with Crippen LogP contribution in [0.3, 0.4) is 0 Å². The summed E-state index contributed by atoms with van der Waals surface area (Å²) < 4.78 is 11.0. The monoisotopic (exact) mass is 349 g/mol. The summed E-state index contributed by atoms with van der Waals surface area (Å²) in [5, 5.41) is 5.96. The van der Waals surface area contributed by atoms with Gasteiger partial charge >= 0.3 is 0 Å². The minimum atomic E-state index is 0.740. The molecule has 0 saturated heterocycles. The van der Waals surface area contributed by atoms with Crippen molar-refractivity contribution in [2.45, 2.75) is 19.3 Å². The van der Waals surface area contributed by atoms with E-state index in [9.17, 15) is 0 Å². The Bertz CT molecular complexity index is 799. The SMILES string of the molecule is COc1ccc(CCCNCCCOc2ccc3ccccc3c2)cc1. The third kappa shape index (κ3) is 5.50. The highest BCUT2D eigenvalue weighted by molar-refractivity contribution is 5.83. The highest BCUT2D eigenvalue weighted by Gasteiger charge is 1.98. The Morgan fingerprint density at radius 3 is 2.31 bits per heavy atom. The van der Waals surface area contributed by atoms with Gasteiger partial charge in [0.05, 0.1) is 13.7 Å². The van der Waals surface area contributed by atoms with E-state index in [1.54, 1.807) is 7.11 Å². The summed E-state index contributed by atoms with van der Waals surface area (Å²) in [6, 6.07) is 22.9. The standard InChI is InChI=1S/C23H27NO2/c1-25-22-12-9-19(10-13-22)6-4-15-24-16-5-17-26-23-14-11-20-7-2-3-8-21(20)18-23/h2-3,7-14,18,24H,4-6,15-17H2,1H3. The molecule has 3 heteroatoms. The number of hydrogen-bond donors (Lipinski definition) is 1. The Hall–Kier alpha value is -2.52. The number of hydrogen-bond acceptors (Lipinski definition) is 3. The van der Waals surface area contributed by atoms with Crippen LogP contribution >= 0.6 is 0 Å². The molecule has 0 bridgehead atoms. The van der Waals surface area contributed by atoms with Gasteiger partial charge in [-0.15, -0.1) is 0 Å². The molecule has 0 aromatic heterocycles. The first-order valence-electron chi connectivity index (χ1n) is 9.30. The number of fused-ring (bicyclic) bond motifs is 1. The minimum Gasteiger partial charge on any atom is -0.497 e. The molecule has 0 radical (unpaired) electrons. The highest BCUT2D eigenvalue weighted by Crippen LogP contribution is 2.20. The van der Waals surface area contributed by atoms with Crippen LogP contribution in [-0.4, -0.2) is 26.8 Å². The van der Waals surface area contributed by atoms with Crippen LogP contribution in [0.15, 0.2) is 66.7 Å². The molecule has 0 spiro atoms. The highest BCUT2D eigenvalue weighted by atomic mass is 16.5. The smallest absolute Gasteiger partial charge is 0.119 e. The second kappa shape index (κ2) is 9.83. The molecule has 26 heavy (non-hydrogen) atoms. The third-order valence-corrected chi connectivity index (χ3v) is 4.47. The van der Waals surface area contributed by atoms with Crippen molar-refractivity contribution in [1.82, 2.24) is 5.32 Å². The van der Waals surface area contributed by atoms with E-state index in [1.165, 1.54) is 16.3 Å². The van der Waals surface area contributed by atoms with Crippen molar-refractivity contribution in [3.63, 3.8) is 0 Å². The molecule has 0 unspecified atom stereocenters. The van der Waals surface area contributed by atoms with Crippen LogP contribution in [0.5, 0.6) is 11.5 Å². The maximum absolute atomic E-state index is 5.86. The van der Waals surface area contributed by atoms with Crippen LogP contribution in [0, 0.1) is 0 Å². The first-order chi connectivity index (χ1) is 12.8. The van der Waals surface area contributed by atoms with Gasteiger partial charge < -0.3 is 14.8 Å². The Kier molecular flexibility index (Phi) is 6.91. The summed E-state index contributed by atoms with van der Waals surface area (Å²) in [7, 11) is 1.70. The summed E-state index contributed by atoms with van der Waals surface area (Å²) in [6.07, 6.45) is 3.23. The summed E-state index contributed by atoms with van der Waals surface area (Å²) in [5.41, 5.74) is 1.35. The molecule has 0 saturated carbocycles. The van der Waals surface area contributed by atoms with E-state index in [-0.39, 0.29) is 0 Å². The van der Waals surface area contributed by atoms with E-state index in [2.05, 4.69) is 53.8 Å². The summed E-state index contributed by atoms with van der Waals surface area (Å²) >= 11 is 0. The number of methoxy groups -OCH3 is 1. The molecule has 3 aromatic rings. The molecule has 0 heterocycles. The Balaban J connectivity index is 1.27. The second-order valence-electron chi connectivity index (χ2n) is 6.41. The number of nitrogens with one attached hydrogen (secondary N) is 1. The summed E-state index contributed by atoms with van der Waals surface area (Å²) in [5.74, 6) is 1.86. The molecule has 136 valence electrons. The van der Waals surface area contributed by atoms with E-state index in [0.717, 1.165) is 50.5 Å². The van der Waals surface area contributed by atoms with Crippen LogP contribution < -0.4 is 14.8 Å². The quantitative estimate of drug-likeness (QED) is 0.531. The lowest BCUT2D eigenvalue weighted by molar-refractivity contribution is 0.308. The number of benzene rings is 3. The van der Waals surface area contributed by atoms with E-state index in [0.29, 0.717) is 0 Å². The molecule has 0 aliphatic carbocycles. The van der Waals surface area contributed by atoms with E-state index >= 15 is 0 Å². The molecule has 3 nitrogen and oxygen atoms in total. The van der Waals surface area contributed by atoms with Gasteiger partial charge in [-0.25, -0.2) is 0 Å². The molecule has 3 rings (SSSR count). The van der Waals surface area contributed by atoms with Gasteiger partial charge in [-0.2, -0.15) is 0 Å². The summed E-state index contributed by atoms with van der Waals surface area (Å²) in [6.45, 7) is 2.75. The zero-order valence-electron chi connectivity index (χ0n) is 15.4. The molecule has 0 fully saturated rings. The maximum Gasteiger partial charge on any atom is 0.119 e. The van der Waals surface area contributed by atoms with Gasteiger partial charge in [0.15, 0.2) is 0 Å². The van der Waals surface area contributed by atoms with Gasteiger partial charge in [-0.3, -0.25) is 0 Å². The van der Waals surface area contributed by atoms with Crippen molar-refractivity contribution < 1.29 is 9.47 Å². The fourth-order valence-electron chi connectivity index (χ4n) is 2.98. The van der Waals surface area contributed by atoms with Crippen molar-refractivity contribution in [1.29, 1.82) is 0 Å². The van der Waals surface area contributed by atoms with Gasteiger partial charge in [0.1, 0.15) is 11.5 Å². The Morgan fingerprint density at radius 1 is 0.769 bits per heavy atom. The van der Waals surface area contributed by atoms with E-state index < -0.39 is 0 Å². The van der Waals surface area contributed by atoms with E-state index in [4.69, 9.17) is 9.47 Å². The first kappa shape index (κ1) is 18.3. The topological polar surface area (TPSA) is 30.5 Å².